The van der Waals surface area contributed by atoms with Gasteiger partial charge in [-0.2, -0.15) is 0 Å². The molecule has 0 bridgehead atoms. The molecular formula is C17H22N3O. The Morgan fingerprint density at radius 2 is 2.00 bits per heavy atom. The molecule has 2 heterocycles. The molecule has 1 amide bonds. The summed E-state index contributed by atoms with van der Waals surface area (Å²) < 4.78 is 0. The maximum Gasteiger partial charge on any atom is 0.241 e. The maximum absolute atomic E-state index is 12.3. The fourth-order valence-electron chi connectivity index (χ4n) is 2.89. The number of hydrogen-bond acceptors (Lipinski definition) is 2. The SMILES string of the molecule is C[C](Cc1c[nH]c2ccccc12)C(=O)NN1CCCCC1. The molecule has 0 atom stereocenters. The molecule has 3 rings (SSSR count). The van der Waals surface area contributed by atoms with E-state index >= 15 is 0 Å². The Kier molecular flexibility index (Phi) is 4.25. The number of benzene rings is 1. The number of rotatable bonds is 4. The van der Waals surface area contributed by atoms with E-state index in [0.717, 1.165) is 24.5 Å². The monoisotopic (exact) mass is 284 g/mol. The first kappa shape index (κ1) is 14.1. The number of aromatic nitrogens is 1. The van der Waals surface area contributed by atoms with Crippen molar-refractivity contribution in [1.82, 2.24) is 15.4 Å². The summed E-state index contributed by atoms with van der Waals surface area (Å²) in [5, 5.41) is 3.24. The van der Waals surface area contributed by atoms with Crippen LogP contribution < -0.4 is 5.43 Å². The quantitative estimate of drug-likeness (QED) is 0.907. The van der Waals surface area contributed by atoms with Crippen molar-refractivity contribution < 1.29 is 4.79 Å². The van der Waals surface area contributed by atoms with E-state index in [-0.39, 0.29) is 5.91 Å². The molecule has 1 radical (unpaired) electrons. The van der Waals surface area contributed by atoms with E-state index in [1.165, 1.54) is 30.2 Å². The van der Waals surface area contributed by atoms with E-state index in [4.69, 9.17) is 0 Å². The minimum atomic E-state index is 0.0437. The summed E-state index contributed by atoms with van der Waals surface area (Å²) in [7, 11) is 0. The Balaban J connectivity index is 1.62. The highest BCUT2D eigenvalue weighted by Crippen LogP contribution is 2.21. The number of nitrogens with zero attached hydrogens (tertiary/aromatic N) is 1. The van der Waals surface area contributed by atoms with Crippen molar-refractivity contribution in [3.8, 4) is 0 Å². The van der Waals surface area contributed by atoms with Crippen LogP contribution in [-0.2, 0) is 11.2 Å². The van der Waals surface area contributed by atoms with Crippen LogP contribution in [0.2, 0.25) is 0 Å². The van der Waals surface area contributed by atoms with Gasteiger partial charge in [-0.05, 0) is 37.8 Å². The molecule has 1 aliphatic rings. The zero-order valence-corrected chi connectivity index (χ0v) is 12.5. The maximum atomic E-state index is 12.3. The number of amides is 1. The summed E-state index contributed by atoms with van der Waals surface area (Å²) in [5.41, 5.74) is 5.33. The number of carbonyl (C=O) groups is 1. The minimum Gasteiger partial charge on any atom is -0.361 e. The van der Waals surface area contributed by atoms with Crippen molar-refractivity contribution >= 4 is 16.8 Å². The van der Waals surface area contributed by atoms with Crippen molar-refractivity contribution in [2.45, 2.75) is 32.6 Å². The zero-order chi connectivity index (χ0) is 14.7. The summed E-state index contributed by atoms with van der Waals surface area (Å²) in [6, 6.07) is 8.20. The van der Waals surface area contributed by atoms with E-state index < -0.39 is 0 Å². The van der Waals surface area contributed by atoms with Gasteiger partial charge in [-0.1, -0.05) is 24.6 Å². The second kappa shape index (κ2) is 6.31. The lowest BCUT2D eigenvalue weighted by Gasteiger charge is -2.27. The number of carbonyl (C=O) groups excluding carboxylic acids is 1. The molecule has 1 aliphatic heterocycles. The van der Waals surface area contributed by atoms with Gasteiger partial charge in [-0.25, -0.2) is 5.01 Å². The fraction of sp³-hybridized carbons (Fsp3) is 0.412. The molecule has 0 aliphatic carbocycles. The third-order valence-corrected chi connectivity index (χ3v) is 4.13. The third-order valence-electron chi connectivity index (χ3n) is 4.13. The van der Waals surface area contributed by atoms with E-state index in [1.807, 2.05) is 30.3 Å². The van der Waals surface area contributed by atoms with E-state index in [2.05, 4.69) is 22.5 Å². The number of nitrogens with one attached hydrogen (secondary N) is 2. The topological polar surface area (TPSA) is 48.1 Å². The van der Waals surface area contributed by atoms with Gasteiger partial charge >= 0.3 is 0 Å². The minimum absolute atomic E-state index is 0.0437. The van der Waals surface area contributed by atoms with Gasteiger partial charge in [0.05, 0.1) is 5.92 Å². The first-order valence-corrected chi connectivity index (χ1v) is 7.67. The molecule has 4 nitrogen and oxygen atoms in total. The predicted octanol–water partition coefficient (Wildman–Crippen LogP) is 2.82. The number of fused-ring (bicyclic) bond motifs is 1. The van der Waals surface area contributed by atoms with Gasteiger partial charge < -0.3 is 4.98 Å². The van der Waals surface area contributed by atoms with Crippen LogP contribution >= 0.6 is 0 Å². The van der Waals surface area contributed by atoms with Gasteiger partial charge in [0.25, 0.3) is 0 Å². The van der Waals surface area contributed by atoms with Crippen LogP contribution in [0.1, 0.15) is 31.7 Å². The molecule has 2 aromatic rings. The number of hydrogen-bond donors (Lipinski definition) is 2. The lowest BCUT2D eigenvalue weighted by Crippen LogP contribution is -2.46. The summed E-state index contributed by atoms with van der Waals surface area (Å²) in [6.07, 6.45) is 6.29. The van der Waals surface area contributed by atoms with Gasteiger partial charge in [0.15, 0.2) is 0 Å². The van der Waals surface area contributed by atoms with Crippen LogP contribution in [0.4, 0.5) is 0 Å². The molecular weight excluding hydrogens is 262 g/mol. The number of para-hydroxylation sites is 1. The number of hydrazine groups is 1. The molecule has 21 heavy (non-hydrogen) atoms. The normalized spacial score (nSPS) is 16.5. The Labute approximate surface area is 125 Å². The first-order chi connectivity index (χ1) is 10.2. The number of H-pyrrole nitrogens is 1. The molecule has 0 saturated carbocycles. The summed E-state index contributed by atoms with van der Waals surface area (Å²) >= 11 is 0. The largest absolute Gasteiger partial charge is 0.361 e. The van der Waals surface area contributed by atoms with Gasteiger partial charge in [0.2, 0.25) is 5.91 Å². The van der Waals surface area contributed by atoms with Gasteiger partial charge in [-0.3, -0.25) is 10.2 Å². The number of aromatic amines is 1. The lowest BCUT2D eigenvalue weighted by molar-refractivity contribution is -0.124. The second-order valence-corrected chi connectivity index (χ2v) is 5.81. The average Bonchev–Trinajstić information content (AvgIpc) is 2.91. The second-order valence-electron chi connectivity index (χ2n) is 5.81. The summed E-state index contributed by atoms with van der Waals surface area (Å²) in [4.78, 5) is 15.5. The average molecular weight is 284 g/mol. The summed E-state index contributed by atoms with van der Waals surface area (Å²) in [6.45, 7) is 3.85. The molecule has 1 fully saturated rings. The molecule has 111 valence electrons. The van der Waals surface area contributed by atoms with Crippen molar-refractivity contribution in [3.63, 3.8) is 0 Å². The molecule has 0 unspecified atom stereocenters. The fourth-order valence-corrected chi connectivity index (χ4v) is 2.89. The van der Waals surface area contributed by atoms with Crippen molar-refractivity contribution in [2.24, 2.45) is 0 Å². The van der Waals surface area contributed by atoms with Gasteiger partial charge in [0, 0.05) is 30.2 Å². The highest BCUT2D eigenvalue weighted by atomic mass is 16.2. The molecule has 4 heteroatoms. The van der Waals surface area contributed by atoms with Gasteiger partial charge in [-0.15, -0.1) is 0 Å². The Morgan fingerprint density at radius 1 is 1.24 bits per heavy atom. The molecule has 2 N–H and O–H groups in total. The Hall–Kier alpha value is -1.81. The summed E-state index contributed by atoms with van der Waals surface area (Å²) in [5.74, 6) is 0.896. The predicted molar refractivity (Wildman–Crippen MR) is 84.5 cm³/mol. The Morgan fingerprint density at radius 3 is 2.81 bits per heavy atom. The Bertz CT molecular complexity index is 613. The molecule has 0 spiro atoms. The van der Waals surface area contributed by atoms with Gasteiger partial charge in [0.1, 0.15) is 0 Å². The zero-order valence-electron chi connectivity index (χ0n) is 12.5. The van der Waals surface area contributed by atoms with E-state index in [0.29, 0.717) is 6.42 Å². The van der Waals surface area contributed by atoms with Crippen molar-refractivity contribution in [3.05, 3.63) is 41.9 Å². The lowest BCUT2D eigenvalue weighted by atomic mass is 10.00. The van der Waals surface area contributed by atoms with Crippen LogP contribution in [0.25, 0.3) is 10.9 Å². The van der Waals surface area contributed by atoms with Crippen LogP contribution in [0.3, 0.4) is 0 Å². The van der Waals surface area contributed by atoms with E-state index in [9.17, 15) is 4.79 Å². The third kappa shape index (κ3) is 3.27. The van der Waals surface area contributed by atoms with Crippen LogP contribution in [0.15, 0.2) is 30.5 Å². The van der Waals surface area contributed by atoms with Crippen molar-refractivity contribution in [1.29, 1.82) is 0 Å². The first-order valence-electron chi connectivity index (χ1n) is 7.67. The van der Waals surface area contributed by atoms with Crippen LogP contribution in [0, 0.1) is 5.92 Å². The van der Waals surface area contributed by atoms with Crippen LogP contribution in [0.5, 0.6) is 0 Å². The van der Waals surface area contributed by atoms with Crippen molar-refractivity contribution in [2.75, 3.05) is 13.1 Å². The standard InChI is InChI=1S/C17H22N3O/c1-13(17(21)19-20-9-5-2-6-10-20)11-14-12-18-16-8-4-3-7-15(14)16/h3-4,7-8,12,18H,2,5-6,9-11H2,1H3,(H,19,21). The smallest absolute Gasteiger partial charge is 0.241 e. The van der Waals surface area contributed by atoms with Crippen LogP contribution in [-0.4, -0.2) is 29.0 Å². The molecule has 1 aromatic heterocycles. The number of piperidine rings is 1. The highest BCUT2D eigenvalue weighted by Gasteiger charge is 2.19. The molecule has 1 saturated heterocycles. The van der Waals surface area contributed by atoms with E-state index in [1.54, 1.807) is 0 Å². The molecule has 1 aromatic carbocycles. The highest BCUT2D eigenvalue weighted by molar-refractivity contribution is 5.91.